The first-order valence-electron chi connectivity index (χ1n) is 17.4. The Bertz CT molecular complexity index is 3500. The number of nitrogens with zero attached hydrogens (tertiary/aromatic N) is 7. The molecule has 0 aliphatic rings. The van der Waals surface area contributed by atoms with E-state index in [4.69, 9.17) is 11.5 Å². The Hall–Kier alpha value is -4.81. The van der Waals surface area contributed by atoms with E-state index in [2.05, 4.69) is 30.7 Å². The molecule has 6 N–H and O–H groups in total. The molecule has 0 aliphatic heterocycles. The van der Waals surface area contributed by atoms with Crippen LogP contribution in [0, 0.1) is 10.1 Å². The first-order chi connectivity index (χ1) is 29.6. The molecule has 0 fully saturated rings. The fourth-order valence-electron chi connectivity index (χ4n) is 6.14. The number of phenols is 2. The van der Waals surface area contributed by atoms with Crippen molar-refractivity contribution in [2.75, 3.05) is 11.5 Å². The molecule has 7 aromatic carbocycles. The van der Waals surface area contributed by atoms with E-state index in [0.29, 0.717) is 23.3 Å². The van der Waals surface area contributed by atoms with Crippen molar-refractivity contribution in [2.24, 2.45) is 30.7 Å². The molecule has 320 valence electrons. The van der Waals surface area contributed by atoms with Gasteiger partial charge in [0.1, 0.15) is 47.4 Å². The van der Waals surface area contributed by atoms with Crippen molar-refractivity contribution in [3.63, 3.8) is 0 Å². The summed E-state index contributed by atoms with van der Waals surface area (Å²) < 4.78 is 110. The Labute approximate surface area is 439 Å². The number of phenolic OH excluding ortho intramolecular Hbond substituents is 2. The fraction of sp³-hybridized carbons (Fsp3) is 0. The number of anilines is 2. The number of rotatable bonds is 11. The Morgan fingerprint density at radius 3 is 1.29 bits per heavy atom. The number of nitro benzene ring substituents is 1. The number of hydrogen-bond donors (Lipinski definition) is 4. The van der Waals surface area contributed by atoms with Crippen LogP contribution in [0.1, 0.15) is 0 Å². The number of non-ortho nitro benzene ring substituents is 1. The second kappa shape index (κ2) is 21.0. The van der Waals surface area contributed by atoms with Gasteiger partial charge in [-0.1, -0.05) is 30.3 Å². The molecule has 0 radical (unpaired) electrons. The predicted molar refractivity (Wildman–Crippen MR) is 221 cm³/mol. The van der Waals surface area contributed by atoms with Gasteiger partial charge in [-0.25, -0.2) is 25.3 Å². The Morgan fingerprint density at radius 1 is 0.485 bits per heavy atom. The molecule has 0 amide bonds. The van der Waals surface area contributed by atoms with E-state index in [1.165, 1.54) is 42.5 Å². The summed E-state index contributed by atoms with van der Waals surface area (Å²) in [7, 11) is -16.0. The third kappa shape index (κ3) is 11.6. The molecule has 0 bridgehead atoms. The zero-order valence-corrected chi connectivity index (χ0v) is 42.7. The van der Waals surface area contributed by atoms with Crippen LogP contribution in [0.5, 0.6) is 11.5 Å². The molecule has 0 spiro atoms. The molecular formula is C38H24N9Na3O13S3. The van der Waals surface area contributed by atoms with E-state index in [1.54, 1.807) is 24.3 Å². The van der Waals surface area contributed by atoms with E-state index in [-0.39, 0.29) is 128 Å². The van der Waals surface area contributed by atoms with E-state index in [1.807, 2.05) is 0 Å². The molecule has 0 heterocycles. The maximum atomic E-state index is 12.4. The number of benzene rings is 7. The van der Waals surface area contributed by atoms with Crippen molar-refractivity contribution in [2.45, 2.75) is 14.7 Å². The van der Waals surface area contributed by atoms with Gasteiger partial charge < -0.3 is 35.3 Å². The number of nitrogens with two attached hydrogens (primary N) is 2. The van der Waals surface area contributed by atoms with Crippen LogP contribution in [0.25, 0.3) is 32.7 Å². The van der Waals surface area contributed by atoms with Crippen LogP contribution in [0.3, 0.4) is 0 Å². The van der Waals surface area contributed by atoms with Crippen LogP contribution >= 0.6 is 0 Å². The zero-order valence-electron chi connectivity index (χ0n) is 34.3. The summed E-state index contributed by atoms with van der Waals surface area (Å²) in [6, 6.07) is 23.4. The zero-order chi connectivity index (χ0) is 45.6. The van der Waals surface area contributed by atoms with Gasteiger partial charge in [-0.15, -0.1) is 15.3 Å². The van der Waals surface area contributed by atoms with Gasteiger partial charge in [0.25, 0.3) is 5.69 Å². The molecule has 7 rings (SSSR count). The summed E-state index contributed by atoms with van der Waals surface area (Å²) in [5, 5.41) is 55.6. The summed E-state index contributed by atoms with van der Waals surface area (Å²) >= 11 is 0. The smallest absolute Gasteiger partial charge is 0.744 e. The number of hydrogen-bond acceptors (Lipinski definition) is 21. The SMILES string of the molecule is Nc1ccc2cc(S(=O)(=O)[O-])c(N=Nc3ccc(-c4ccc(N=Nc5c(S(=O)(=O)[O-])cc6cc(S(=O)(=O)[O-])c(N=Nc7ccc([N+](=O)[O-])cc7)c(N)c6c5O)cc4)cc3)c(O)c2c1.[Na+].[Na+].[Na+]. The average Bonchev–Trinajstić information content (AvgIpc) is 3.22. The van der Waals surface area contributed by atoms with Crippen molar-refractivity contribution >= 4 is 103 Å². The molecule has 0 aliphatic carbocycles. The van der Waals surface area contributed by atoms with Gasteiger partial charge in [-0.05, 0) is 88.6 Å². The summed E-state index contributed by atoms with van der Waals surface area (Å²) in [5.41, 5.74) is 10.5. The van der Waals surface area contributed by atoms with E-state index in [9.17, 15) is 59.2 Å². The minimum absolute atomic E-state index is 0. The molecule has 0 aromatic heterocycles. The number of nitrogen functional groups attached to an aromatic ring is 2. The van der Waals surface area contributed by atoms with Crippen molar-refractivity contribution in [1.29, 1.82) is 0 Å². The number of nitro groups is 1. The van der Waals surface area contributed by atoms with Crippen molar-refractivity contribution < 1.29 is 143 Å². The summed E-state index contributed by atoms with van der Waals surface area (Å²) in [5.74, 6) is -1.66. The monoisotopic (exact) mass is 979 g/mol. The molecule has 28 heteroatoms. The van der Waals surface area contributed by atoms with Crippen LogP contribution in [0.4, 0.5) is 51.2 Å². The van der Waals surface area contributed by atoms with Crippen LogP contribution in [-0.4, -0.2) is 54.0 Å². The van der Waals surface area contributed by atoms with Gasteiger partial charge >= 0.3 is 88.7 Å². The van der Waals surface area contributed by atoms with Crippen LogP contribution in [-0.2, 0) is 30.4 Å². The summed E-state index contributed by atoms with van der Waals surface area (Å²) in [6.07, 6.45) is 0. The molecule has 22 nitrogen and oxygen atoms in total. The molecule has 0 saturated carbocycles. The van der Waals surface area contributed by atoms with E-state index >= 15 is 0 Å². The normalized spacial score (nSPS) is 12.0. The van der Waals surface area contributed by atoms with Gasteiger partial charge in [0.05, 0.1) is 47.7 Å². The van der Waals surface area contributed by atoms with E-state index in [0.717, 1.165) is 30.3 Å². The second-order valence-electron chi connectivity index (χ2n) is 13.2. The van der Waals surface area contributed by atoms with E-state index < -0.39 is 95.0 Å². The number of aromatic hydroxyl groups is 2. The van der Waals surface area contributed by atoms with Gasteiger partial charge in [-0.2, -0.15) is 15.3 Å². The van der Waals surface area contributed by atoms with Crippen molar-refractivity contribution in [3.8, 4) is 22.6 Å². The summed E-state index contributed by atoms with van der Waals surface area (Å²) in [6.45, 7) is 0. The second-order valence-corrected chi connectivity index (χ2v) is 17.2. The molecular weight excluding hydrogens is 956 g/mol. The largest absolute Gasteiger partial charge is 1.00 e. The third-order valence-corrected chi connectivity index (χ3v) is 11.7. The standard InChI is InChI=1S/C38H27N9O13S3.3Na/c39-23-6-1-21-15-30(62(55,56)57)35(37(48)28(21)18-23)45-42-24-7-2-19(3-8-24)20-4-9-25(10-5-20)43-46-36-31(63(58,59)60)17-22-16-29(61(52,53)54)34(33(40)32(22)38(36)49)44-41-26-11-13-27(14-12-26)47(50)51;;;/h1-18,48-49H,39-40H2,(H,52,53,54)(H,55,56,57)(H,58,59,60);;;/q;3*+1/p-3. The van der Waals surface area contributed by atoms with Gasteiger partial charge in [-0.3, -0.25) is 10.1 Å². The van der Waals surface area contributed by atoms with Crippen LogP contribution in [0.15, 0.2) is 155 Å². The molecule has 7 aromatic rings. The number of fused-ring (bicyclic) bond motifs is 2. The van der Waals surface area contributed by atoms with Crippen molar-refractivity contribution in [1.82, 2.24) is 0 Å². The Morgan fingerprint density at radius 2 is 0.864 bits per heavy atom. The first kappa shape index (κ1) is 53.8. The molecule has 0 unspecified atom stereocenters. The maximum absolute atomic E-state index is 12.4. The summed E-state index contributed by atoms with van der Waals surface area (Å²) in [4.78, 5) is 7.27. The number of azo groups is 3. The molecule has 0 atom stereocenters. The van der Waals surface area contributed by atoms with Crippen molar-refractivity contribution in [3.05, 3.63) is 119 Å². The third-order valence-electron chi connectivity index (χ3n) is 9.12. The predicted octanol–water partition coefficient (Wildman–Crippen LogP) is -0.886. The minimum Gasteiger partial charge on any atom is -0.744 e. The van der Waals surface area contributed by atoms with Gasteiger partial charge in [0, 0.05) is 23.2 Å². The first-order valence-corrected chi connectivity index (χ1v) is 21.6. The molecule has 0 saturated heterocycles. The van der Waals surface area contributed by atoms with Crippen LogP contribution < -0.4 is 100 Å². The molecule has 66 heavy (non-hydrogen) atoms. The van der Waals surface area contributed by atoms with Crippen LogP contribution in [0.2, 0.25) is 0 Å². The quantitative estimate of drug-likeness (QED) is 0.0305. The maximum Gasteiger partial charge on any atom is 1.00 e. The van der Waals surface area contributed by atoms with Gasteiger partial charge in [0.15, 0.2) is 11.5 Å². The van der Waals surface area contributed by atoms with Gasteiger partial charge in [0.2, 0.25) is 0 Å². The Kier molecular flexibility index (Phi) is 17.1. The average molecular weight is 980 g/mol. The topological polar surface area (TPSA) is 381 Å². The fourth-order valence-corrected chi connectivity index (χ4v) is 8.09. The Balaban J connectivity index is 0.00000317. The minimum atomic E-state index is -5.46.